The van der Waals surface area contributed by atoms with Crippen LogP contribution < -0.4 is 10.1 Å². The van der Waals surface area contributed by atoms with E-state index >= 15 is 0 Å². The van der Waals surface area contributed by atoms with E-state index in [2.05, 4.69) is 20.5 Å². The highest BCUT2D eigenvalue weighted by molar-refractivity contribution is 7.99. The Hall–Kier alpha value is -2.95. The van der Waals surface area contributed by atoms with E-state index in [1.165, 1.54) is 46.9 Å². The van der Waals surface area contributed by atoms with Crippen LogP contribution in [0.2, 0.25) is 5.02 Å². The number of carbonyl (C=O) groups excluding carboxylic acids is 1. The normalized spacial score (nSPS) is 11.9. The van der Waals surface area contributed by atoms with Gasteiger partial charge in [-0.1, -0.05) is 53.2 Å². The van der Waals surface area contributed by atoms with E-state index in [0.29, 0.717) is 21.9 Å². The van der Waals surface area contributed by atoms with Gasteiger partial charge in [0.2, 0.25) is 5.91 Å². The van der Waals surface area contributed by atoms with E-state index in [4.69, 9.17) is 16.3 Å². The molecule has 0 radical (unpaired) electrons. The van der Waals surface area contributed by atoms with E-state index < -0.39 is 11.9 Å². The molecule has 1 atom stereocenters. The van der Waals surface area contributed by atoms with Gasteiger partial charge in [-0.3, -0.25) is 4.79 Å². The Morgan fingerprint density at radius 2 is 2.03 bits per heavy atom. The molecule has 0 aliphatic rings. The third kappa shape index (κ3) is 5.75. The minimum atomic E-state index is -0.487. The van der Waals surface area contributed by atoms with Crippen LogP contribution in [0, 0.1) is 12.7 Å². The topological polar surface area (TPSA) is 81.9 Å². The Bertz CT molecular complexity index is 1310. The largest absolute Gasteiger partial charge is 0.481 e. The number of anilines is 1. The summed E-state index contributed by atoms with van der Waals surface area (Å²) in [4.78, 5) is 16.9. The molecule has 4 rings (SSSR count). The molecule has 176 valence electrons. The molecular weight excluding hydrogens is 497 g/mol. The SMILES string of the molecule is Cc1ccc(-c2csc(NC(=O)CSc3nnc(C(C)Oc4ccc(F)cc4Cl)n3C)n2)cc1. The number of ether oxygens (including phenoxy) is 1. The number of carbonyl (C=O) groups is 1. The van der Waals surface area contributed by atoms with Gasteiger partial charge in [-0.2, -0.15) is 0 Å². The van der Waals surface area contributed by atoms with E-state index in [9.17, 15) is 9.18 Å². The number of rotatable bonds is 8. The van der Waals surface area contributed by atoms with Crippen LogP contribution in [0.25, 0.3) is 11.3 Å². The van der Waals surface area contributed by atoms with Crippen LogP contribution in [-0.4, -0.2) is 31.4 Å². The lowest BCUT2D eigenvalue weighted by Crippen LogP contribution is -2.14. The molecule has 1 N–H and O–H groups in total. The summed E-state index contributed by atoms with van der Waals surface area (Å²) in [7, 11) is 1.79. The van der Waals surface area contributed by atoms with Gasteiger partial charge in [0.05, 0.1) is 16.5 Å². The number of nitrogens with one attached hydrogen (secondary N) is 1. The number of hydrogen-bond acceptors (Lipinski definition) is 7. The molecule has 2 aromatic carbocycles. The summed E-state index contributed by atoms with van der Waals surface area (Å²) in [5, 5.41) is 14.3. The highest BCUT2D eigenvalue weighted by atomic mass is 35.5. The van der Waals surface area contributed by atoms with Crippen molar-refractivity contribution >= 4 is 45.7 Å². The summed E-state index contributed by atoms with van der Waals surface area (Å²) in [6.45, 7) is 3.82. The molecule has 1 unspecified atom stereocenters. The van der Waals surface area contributed by atoms with E-state index in [-0.39, 0.29) is 16.7 Å². The lowest BCUT2D eigenvalue weighted by molar-refractivity contribution is -0.113. The summed E-state index contributed by atoms with van der Waals surface area (Å²) < 4.78 is 20.8. The summed E-state index contributed by atoms with van der Waals surface area (Å²) in [6.07, 6.45) is -0.487. The van der Waals surface area contributed by atoms with Crippen LogP contribution >= 0.6 is 34.7 Å². The molecule has 0 bridgehead atoms. The fourth-order valence-electron chi connectivity index (χ4n) is 3.09. The second kappa shape index (κ2) is 10.5. The summed E-state index contributed by atoms with van der Waals surface area (Å²) in [5.74, 6) is 0.405. The summed E-state index contributed by atoms with van der Waals surface area (Å²) in [6, 6.07) is 12.0. The van der Waals surface area contributed by atoms with Crippen LogP contribution in [0.1, 0.15) is 24.4 Å². The molecular formula is C23H21ClFN5O2S2. The van der Waals surface area contributed by atoms with Crippen molar-refractivity contribution in [3.8, 4) is 17.0 Å². The maximum Gasteiger partial charge on any atom is 0.236 e. The van der Waals surface area contributed by atoms with Crippen LogP contribution in [0.3, 0.4) is 0 Å². The predicted octanol–water partition coefficient (Wildman–Crippen LogP) is 5.91. The Labute approximate surface area is 209 Å². The lowest BCUT2D eigenvalue weighted by Gasteiger charge is -2.15. The fourth-order valence-corrected chi connectivity index (χ4v) is 4.76. The minimum absolute atomic E-state index is 0.143. The van der Waals surface area contributed by atoms with Gasteiger partial charge in [0, 0.05) is 18.0 Å². The molecule has 0 saturated heterocycles. The molecule has 11 heteroatoms. The Balaban J connectivity index is 1.33. The smallest absolute Gasteiger partial charge is 0.236 e. The molecule has 4 aromatic rings. The van der Waals surface area contributed by atoms with E-state index in [1.807, 2.05) is 36.6 Å². The molecule has 34 heavy (non-hydrogen) atoms. The highest BCUT2D eigenvalue weighted by Gasteiger charge is 2.19. The first-order chi connectivity index (χ1) is 16.3. The quantitative estimate of drug-likeness (QED) is 0.292. The molecule has 7 nitrogen and oxygen atoms in total. The van der Waals surface area contributed by atoms with Crippen molar-refractivity contribution in [1.29, 1.82) is 0 Å². The number of benzene rings is 2. The monoisotopic (exact) mass is 517 g/mol. The maximum absolute atomic E-state index is 13.3. The maximum atomic E-state index is 13.3. The molecule has 0 aliphatic heterocycles. The number of aryl methyl sites for hydroxylation is 1. The molecule has 0 fully saturated rings. The van der Waals surface area contributed by atoms with Crippen molar-refractivity contribution in [3.05, 3.63) is 70.1 Å². The van der Waals surface area contributed by atoms with Crippen molar-refractivity contribution in [3.63, 3.8) is 0 Å². The lowest BCUT2D eigenvalue weighted by atomic mass is 10.1. The summed E-state index contributed by atoms with van der Waals surface area (Å²) >= 11 is 8.67. The molecule has 0 aliphatic carbocycles. The zero-order valence-electron chi connectivity index (χ0n) is 18.6. The number of amides is 1. The van der Waals surface area contributed by atoms with Gasteiger partial charge in [-0.05, 0) is 32.0 Å². The van der Waals surface area contributed by atoms with Gasteiger partial charge >= 0.3 is 0 Å². The number of thiazole rings is 1. The number of nitrogens with zero attached hydrogens (tertiary/aromatic N) is 4. The first kappa shape index (κ1) is 24.2. The van der Waals surface area contributed by atoms with Crippen molar-refractivity contribution in [2.45, 2.75) is 25.1 Å². The molecule has 0 saturated carbocycles. The van der Waals surface area contributed by atoms with Crippen LogP contribution in [0.5, 0.6) is 5.75 Å². The fraction of sp³-hybridized carbons (Fsp3) is 0.217. The zero-order chi connectivity index (χ0) is 24.2. The summed E-state index contributed by atoms with van der Waals surface area (Å²) in [5.41, 5.74) is 3.00. The van der Waals surface area contributed by atoms with Gasteiger partial charge in [-0.15, -0.1) is 21.5 Å². The van der Waals surface area contributed by atoms with Crippen molar-refractivity contribution in [2.24, 2.45) is 7.05 Å². The van der Waals surface area contributed by atoms with Crippen molar-refractivity contribution in [2.75, 3.05) is 11.1 Å². The average Bonchev–Trinajstić information content (AvgIpc) is 3.41. The standard InChI is InChI=1S/C23H21ClFN5O2S2/c1-13-4-6-15(7-5-13)18-11-33-22(26-18)27-20(31)12-34-23-29-28-21(30(23)3)14(2)32-19-9-8-16(25)10-17(19)24/h4-11,14H,12H2,1-3H3,(H,26,27,31). The van der Waals surface area contributed by atoms with Gasteiger partial charge < -0.3 is 14.6 Å². The second-order valence-corrected chi connectivity index (χ2v) is 9.68. The van der Waals surface area contributed by atoms with Gasteiger partial charge in [-0.25, -0.2) is 9.37 Å². The third-order valence-corrected chi connectivity index (χ3v) is 6.93. The van der Waals surface area contributed by atoms with Gasteiger partial charge in [0.1, 0.15) is 11.6 Å². The molecule has 2 aromatic heterocycles. The molecule has 2 heterocycles. The average molecular weight is 518 g/mol. The molecule has 1 amide bonds. The number of thioether (sulfide) groups is 1. The number of halogens is 2. The third-order valence-electron chi connectivity index (χ3n) is 4.86. The van der Waals surface area contributed by atoms with Gasteiger partial charge in [0.15, 0.2) is 22.2 Å². The first-order valence-corrected chi connectivity index (χ1v) is 12.5. The number of aromatic nitrogens is 4. The second-order valence-electron chi connectivity index (χ2n) is 7.48. The first-order valence-electron chi connectivity index (χ1n) is 10.3. The van der Waals surface area contributed by atoms with Crippen LogP contribution in [0.4, 0.5) is 9.52 Å². The van der Waals surface area contributed by atoms with Crippen molar-refractivity contribution in [1.82, 2.24) is 19.7 Å². The minimum Gasteiger partial charge on any atom is -0.481 e. The van der Waals surface area contributed by atoms with Crippen LogP contribution in [0.15, 0.2) is 53.0 Å². The highest BCUT2D eigenvalue weighted by Crippen LogP contribution is 2.30. The van der Waals surface area contributed by atoms with E-state index in [0.717, 1.165) is 11.3 Å². The van der Waals surface area contributed by atoms with Gasteiger partial charge in [0.25, 0.3) is 0 Å². The number of hydrogen-bond donors (Lipinski definition) is 1. The Morgan fingerprint density at radius 3 is 2.76 bits per heavy atom. The van der Waals surface area contributed by atoms with E-state index in [1.54, 1.807) is 18.5 Å². The predicted molar refractivity (Wildman–Crippen MR) is 133 cm³/mol. The molecule has 0 spiro atoms. The van der Waals surface area contributed by atoms with Crippen molar-refractivity contribution < 1.29 is 13.9 Å². The van der Waals surface area contributed by atoms with Crippen LogP contribution in [-0.2, 0) is 11.8 Å². The Kier molecular flexibility index (Phi) is 7.50. The zero-order valence-corrected chi connectivity index (χ0v) is 21.0. The Morgan fingerprint density at radius 1 is 1.26 bits per heavy atom.